The highest BCUT2D eigenvalue weighted by atomic mass is 32.1. The first kappa shape index (κ1) is 18.1. The van der Waals surface area contributed by atoms with Crippen molar-refractivity contribution in [1.29, 1.82) is 0 Å². The lowest BCUT2D eigenvalue weighted by Gasteiger charge is -2.05. The molecule has 0 N–H and O–H groups in total. The predicted molar refractivity (Wildman–Crippen MR) is 109 cm³/mol. The molecule has 1 amide bonds. The van der Waals surface area contributed by atoms with Crippen LogP contribution in [0.5, 0.6) is 0 Å². The van der Waals surface area contributed by atoms with Gasteiger partial charge in [0.1, 0.15) is 6.54 Å². The number of nitrogens with zero attached hydrogens (tertiary/aromatic N) is 4. The van der Waals surface area contributed by atoms with Crippen molar-refractivity contribution >= 4 is 28.1 Å². The number of benzene rings is 2. The quantitative estimate of drug-likeness (QED) is 0.538. The van der Waals surface area contributed by atoms with Crippen LogP contribution < -0.4 is 10.4 Å². The van der Waals surface area contributed by atoms with Gasteiger partial charge in [-0.25, -0.2) is 4.98 Å². The standard InChI is InChI=1S/C21H18N4O2S/c1-15-6-8-16(9-7-15)12-24-10-11-28-21(24)23-19(26)13-25-14-22-18-5-3-2-4-17(18)20(25)27/h2-11,14H,12-13H2,1H3. The fourth-order valence-electron chi connectivity index (χ4n) is 2.90. The molecule has 0 aliphatic carbocycles. The molecular formula is C21H18N4O2S. The normalized spacial score (nSPS) is 11.8. The Balaban J connectivity index is 1.58. The second-order valence-corrected chi connectivity index (χ2v) is 7.37. The van der Waals surface area contributed by atoms with Crippen LogP contribution in [0.1, 0.15) is 11.1 Å². The van der Waals surface area contributed by atoms with E-state index in [2.05, 4.69) is 34.2 Å². The van der Waals surface area contributed by atoms with Gasteiger partial charge in [-0.2, -0.15) is 4.99 Å². The van der Waals surface area contributed by atoms with Gasteiger partial charge in [0.05, 0.1) is 17.2 Å². The molecule has 0 aliphatic rings. The summed E-state index contributed by atoms with van der Waals surface area (Å²) >= 11 is 1.39. The Morgan fingerprint density at radius 2 is 1.89 bits per heavy atom. The minimum absolute atomic E-state index is 0.140. The summed E-state index contributed by atoms with van der Waals surface area (Å²) in [6.45, 7) is 2.54. The van der Waals surface area contributed by atoms with Crippen LogP contribution in [0.2, 0.25) is 0 Å². The van der Waals surface area contributed by atoms with E-state index in [1.807, 2.05) is 29.1 Å². The summed E-state index contributed by atoms with van der Waals surface area (Å²) in [7, 11) is 0. The maximum Gasteiger partial charge on any atom is 0.268 e. The molecule has 0 fully saturated rings. The van der Waals surface area contributed by atoms with Gasteiger partial charge >= 0.3 is 0 Å². The SMILES string of the molecule is Cc1ccc(Cn2ccsc2=NC(=O)Cn2cnc3ccccc3c2=O)cc1. The van der Waals surface area contributed by atoms with Gasteiger partial charge in [-0.05, 0) is 24.6 Å². The topological polar surface area (TPSA) is 69.2 Å². The van der Waals surface area contributed by atoms with Gasteiger partial charge in [-0.1, -0.05) is 42.0 Å². The summed E-state index contributed by atoms with van der Waals surface area (Å²) in [6.07, 6.45) is 3.30. The molecule has 2 aromatic heterocycles. The minimum atomic E-state index is -0.390. The first-order chi connectivity index (χ1) is 13.6. The van der Waals surface area contributed by atoms with E-state index in [1.165, 1.54) is 27.8 Å². The fourth-order valence-corrected chi connectivity index (χ4v) is 3.65. The molecule has 4 rings (SSSR count). The van der Waals surface area contributed by atoms with Crippen molar-refractivity contribution in [2.24, 2.45) is 4.99 Å². The molecule has 0 unspecified atom stereocenters. The van der Waals surface area contributed by atoms with Gasteiger partial charge in [-0.15, -0.1) is 11.3 Å². The Kier molecular flexibility index (Phi) is 4.99. The smallest absolute Gasteiger partial charge is 0.268 e. The molecule has 6 nitrogen and oxygen atoms in total. The minimum Gasteiger partial charge on any atom is -0.319 e. The lowest BCUT2D eigenvalue weighted by atomic mass is 10.1. The van der Waals surface area contributed by atoms with Gasteiger partial charge < -0.3 is 4.57 Å². The largest absolute Gasteiger partial charge is 0.319 e. The average Bonchev–Trinajstić information content (AvgIpc) is 3.12. The van der Waals surface area contributed by atoms with E-state index in [0.29, 0.717) is 22.2 Å². The highest BCUT2D eigenvalue weighted by Crippen LogP contribution is 2.06. The first-order valence-electron chi connectivity index (χ1n) is 8.81. The van der Waals surface area contributed by atoms with Crippen LogP contribution in [0.3, 0.4) is 0 Å². The Labute approximate surface area is 165 Å². The van der Waals surface area contributed by atoms with Gasteiger partial charge in [0.25, 0.3) is 11.5 Å². The van der Waals surface area contributed by atoms with Gasteiger partial charge in [-0.3, -0.25) is 14.2 Å². The van der Waals surface area contributed by atoms with Gasteiger partial charge in [0.2, 0.25) is 0 Å². The number of carbonyl (C=O) groups is 1. The van der Waals surface area contributed by atoms with Crippen molar-refractivity contribution in [3.05, 3.63) is 92.7 Å². The lowest BCUT2D eigenvalue weighted by molar-refractivity contribution is -0.118. The van der Waals surface area contributed by atoms with E-state index in [-0.39, 0.29) is 18.0 Å². The molecule has 0 aliphatic heterocycles. The number of thiazole rings is 1. The molecule has 2 heterocycles. The van der Waals surface area contributed by atoms with E-state index in [1.54, 1.807) is 18.2 Å². The second kappa shape index (κ2) is 7.74. The summed E-state index contributed by atoms with van der Waals surface area (Å²) in [6, 6.07) is 15.3. The van der Waals surface area contributed by atoms with Crippen molar-refractivity contribution in [2.45, 2.75) is 20.0 Å². The third-order valence-corrected chi connectivity index (χ3v) is 5.19. The van der Waals surface area contributed by atoms with E-state index < -0.39 is 0 Å². The van der Waals surface area contributed by atoms with E-state index in [0.717, 1.165) is 5.56 Å². The number of hydrogen-bond donors (Lipinski definition) is 0. The van der Waals surface area contributed by atoms with Crippen LogP contribution in [0.25, 0.3) is 10.9 Å². The molecule has 28 heavy (non-hydrogen) atoms. The Morgan fingerprint density at radius 3 is 2.71 bits per heavy atom. The highest BCUT2D eigenvalue weighted by molar-refractivity contribution is 7.07. The number of hydrogen-bond acceptors (Lipinski definition) is 4. The maximum atomic E-state index is 12.5. The molecule has 0 atom stereocenters. The summed E-state index contributed by atoms with van der Waals surface area (Å²) in [5.74, 6) is -0.390. The monoisotopic (exact) mass is 390 g/mol. The van der Waals surface area contributed by atoms with Crippen LogP contribution in [-0.4, -0.2) is 20.0 Å². The van der Waals surface area contributed by atoms with Crippen LogP contribution in [0, 0.1) is 6.92 Å². The molecule has 0 spiro atoms. The molecular weight excluding hydrogens is 372 g/mol. The molecule has 0 saturated heterocycles. The molecule has 0 bridgehead atoms. The molecule has 0 radical (unpaired) electrons. The molecule has 2 aromatic carbocycles. The summed E-state index contributed by atoms with van der Waals surface area (Å²) in [4.78, 5) is 34.0. The fraction of sp³-hybridized carbons (Fsp3) is 0.143. The number of amides is 1. The van der Waals surface area contributed by atoms with E-state index in [4.69, 9.17) is 0 Å². The molecule has 7 heteroatoms. The summed E-state index contributed by atoms with van der Waals surface area (Å²) < 4.78 is 3.22. The third kappa shape index (κ3) is 3.84. The number of fused-ring (bicyclic) bond motifs is 1. The van der Waals surface area contributed by atoms with Gasteiger partial charge in [0.15, 0.2) is 4.80 Å². The molecule has 140 valence electrons. The Morgan fingerprint density at radius 1 is 1.11 bits per heavy atom. The van der Waals surface area contributed by atoms with Crippen molar-refractivity contribution in [1.82, 2.24) is 14.1 Å². The number of aryl methyl sites for hydroxylation is 1. The highest BCUT2D eigenvalue weighted by Gasteiger charge is 2.08. The second-order valence-electron chi connectivity index (χ2n) is 6.50. The number of rotatable bonds is 4. The lowest BCUT2D eigenvalue weighted by Crippen LogP contribution is -2.25. The van der Waals surface area contributed by atoms with Crippen LogP contribution in [0.15, 0.2) is 76.2 Å². The summed E-state index contributed by atoms with van der Waals surface area (Å²) in [5, 5.41) is 2.38. The zero-order valence-electron chi connectivity index (χ0n) is 15.3. The number of carbonyl (C=O) groups excluding carboxylic acids is 1. The maximum absolute atomic E-state index is 12.5. The number of para-hydroxylation sites is 1. The zero-order valence-corrected chi connectivity index (χ0v) is 16.1. The van der Waals surface area contributed by atoms with Crippen molar-refractivity contribution in [3.63, 3.8) is 0 Å². The van der Waals surface area contributed by atoms with Crippen LogP contribution in [0.4, 0.5) is 0 Å². The predicted octanol–water partition coefficient (Wildman–Crippen LogP) is 2.74. The van der Waals surface area contributed by atoms with Crippen molar-refractivity contribution in [2.75, 3.05) is 0 Å². The zero-order chi connectivity index (χ0) is 19.5. The van der Waals surface area contributed by atoms with Crippen molar-refractivity contribution < 1.29 is 4.79 Å². The van der Waals surface area contributed by atoms with Gasteiger partial charge in [0, 0.05) is 18.1 Å². The van der Waals surface area contributed by atoms with E-state index >= 15 is 0 Å². The first-order valence-corrected chi connectivity index (χ1v) is 9.69. The van der Waals surface area contributed by atoms with Crippen molar-refractivity contribution in [3.8, 4) is 0 Å². The molecule has 0 saturated carbocycles. The van der Waals surface area contributed by atoms with Crippen LogP contribution in [-0.2, 0) is 17.9 Å². The average molecular weight is 390 g/mol. The Hall–Kier alpha value is -3.32. The van der Waals surface area contributed by atoms with E-state index in [9.17, 15) is 9.59 Å². The molecule has 4 aromatic rings. The summed E-state index contributed by atoms with van der Waals surface area (Å²) in [5.41, 5.74) is 2.71. The Bertz CT molecular complexity index is 1270. The number of aromatic nitrogens is 3. The third-order valence-electron chi connectivity index (χ3n) is 4.39. The van der Waals surface area contributed by atoms with Crippen LogP contribution >= 0.6 is 11.3 Å².